The summed E-state index contributed by atoms with van der Waals surface area (Å²) in [6.45, 7) is 7.97. The smallest absolute Gasteiger partial charge is 0.284 e. The minimum Gasteiger partial charge on any atom is -0.448 e. The Bertz CT molecular complexity index is 1440. The van der Waals surface area contributed by atoms with Gasteiger partial charge in [-0.1, -0.05) is 23.7 Å². The van der Waals surface area contributed by atoms with Gasteiger partial charge >= 0.3 is 0 Å². The van der Waals surface area contributed by atoms with Crippen molar-refractivity contribution in [1.29, 1.82) is 10.7 Å². The van der Waals surface area contributed by atoms with Crippen LogP contribution in [0.15, 0.2) is 48.2 Å². The predicted molar refractivity (Wildman–Crippen MR) is 153 cm³/mol. The van der Waals surface area contributed by atoms with Crippen molar-refractivity contribution in [3.8, 4) is 11.8 Å². The molecule has 0 bridgehead atoms. The van der Waals surface area contributed by atoms with Crippen molar-refractivity contribution >= 4 is 35.0 Å². The third-order valence-electron chi connectivity index (χ3n) is 7.01. The molecule has 41 heavy (non-hydrogen) atoms. The van der Waals surface area contributed by atoms with Crippen molar-refractivity contribution < 1.29 is 23.5 Å². The molecule has 11 heteroatoms. The molecule has 9 nitrogen and oxygen atoms in total. The number of nitriles is 1. The van der Waals surface area contributed by atoms with Gasteiger partial charge in [-0.3, -0.25) is 14.4 Å². The summed E-state index contributed by atoms with van der Waals surface area (Å²) in [6, 6.07) is 10.0. The van der Waals surface area contributed by atoms with E-state index in [4.69, 9.17) is 27.5 Å². The molecule has 1 heterocycles. The van der Waals surface area contributed by atoms with Gasteiger partial charge in [0.25, 0.3) is 11.8 Å². The fraction of sp³-hybridized carbons (Fsp3) is 0.367. The Morgan fingerprint density at radius 3 is 2.54 bits per heavy atom. The Morgan fingerprint density at radius 1 is 1.29 bits per heavy atom. The molecular formula is C30H33ClFN5O4. The average molecular weight is 582 g/mol. The first-order valence-electron chi connectivity index (χ1n) is 13.0. The molecular weight excluding hydrogens is 549 g/mol. The van der Waals surface area contributed by atoms with Crippen LogP contribution in [0.25, 0.3) is 0 Å². The van der Waals surface area contributed by atoms with Crippen molar-refractivity contribution in [2.75, 3.05) is 0 Å². The van der Waals surface area contributed by atoms with Crippen molar-refractivity contribution in [1.82, 2.24) is 10.2 Å². The second-order valence-corrected chi connectivity index (χ2v) is 11.1. The zero-order chi connectivity index (χ0) is 30.6. The number of halogens is 2. The monoisotopic (exact) mass is 581 g/mol. The fourth-order valence-electron chi connectivity index (χ4n) is 4.96. The Morgan fingerprint density at radius 2 is 1.98 bits per heavy atom. The van der Waals surface area contributed by atoms with E-state index < -0.39 is 40.9 Å². The number of benzene rings is 2. The zero-order valence-corrected chi connectivity index (χ0v) is 24.3. The van der Waals surface area contributed by atoms with E-state index in [1.807, 2.05) is 6.07 Å². The standard InChI is InChI=1S/C30H33ClFN5O4/c1-16-11-20(14-22(32)26(16)41-24(27(35)38)12-17(2)34)28(39)36-18(3)29(40)37-23(19-7-6-8-21(31)13-19)9-10-25(37)30(4,5)15-33/h6-8,11-14,18,23,25,34H,9-10H2,1-5H3,(H2,35,38)(H,36,39)/b24-12+,34-17?/t18-,23+,25-/m1/s1. The zero-order valence-electron chi connectivity index (χ0n) is 23.5. The van der Waals surface area contributed by atoms with Crippen LogP contribution in [0.2, 0.25) is 5.02 Å². The quantitative estimate of drug-likeness (QED) is 0.217. The first-order chi connectivity index (χ1) is 19.2. The van der Waals surface area contributed by atoms with Crippen LogP contribution in [0.3, 0.4) is 0 Å². The lowest BCUT2D eigenvalue weighted by atomic mass is 9.84. The van der Waals surface area contributed by atoms with Crippen molar-refractivity contribution in [2.45, 2.75) is 65.6 Å². The topological polar surface area (TPSA) is 149 Å². The molecule has 2 aromatic rings. The molecule has 1 aliphatic heterocycles. The van der Waals surface area contributed by atoms with E-state index >= 15 is 4.39 Å². The number of nitrogens with zero attached hydrogens (tertiary/aromatic N) is 2. The maximum atomic E-state index is 15.0. The molecule has 0 spiro atoms. The maximum absolute atomic E-state index is 15.0. The molecule has 1 fully saturated rings. The number of nitrogens with two attached hydrogens (primary N) is 1. The maximum Gasteiger partial charge on any atom is 0.284 e. The van der Waals surface area contributed by atoms with Crippen LogP contribution in [0.5, 0.6) is 5.75 Å². The minimum absolute atomic E-state index is 0.0255. The molecule has 216 valence electrons. The molecule has 3 rings (SSSR count). The highest BCUT2D eigenvalue weighted by atomic mass is 35.5. The van der Waals surface area contributed by atoms with Crippen LogP contribution < -0.4 is 15.8 Å². The summed E-state index contributed by atoms with van der Waals surface area (Å²) in [5.41, 5.74) is 5.35. The van der Waals surface area contributed by atoms with Gasteiger partial charge in [0.2, 0.25) is 5.91 Å². The summed E-state index contributed by atoms with van der Waals surface area (Å²) >= 11 is 6.22. The highest BCUT2D eigenvalue weighted by Crippen LogP contribution is 2.43. The predicted octanol–water partition coefficient (Wildman–Crippen LogP) is 4.98. The van der Waals surface area contributed by atoms with Gasteiger partial charge in [-0.2, -0.15) is 5.26 Å². The number of hydrogen-bond acceptors (Lipinski definition) is 6. The van der Waals surface area contributed by atoms with Gasteiger partial charge in [0.15, 0.2) is 17.3 Å². The van der Waals surface area contributed by atoms with E-state index in [1.54, 1.807) is 36.9 Å². The van der Waals surface area contributed by atoms with E-state index in [1.165, 1.54) is 26.8 Å². The molecule has 0 aromatic heterocycles. The summed E-state index contributed by atoms with van der Waals surface area (Å²) in [7, 11) is 0. The molecule has 3 atom stereocenters. The normalized spacial score (nSPS) is 17.9. The Hall–Kier alpha value is -4.23. The number of carbonyl (C=O) groups is 3. The molecule has 1 aliphatic rings. The first-order valence-corrected chi connectivity index (χ1v) is 13.4. The Balaban J connectivity index is 1.86. The van der Waals surface area contributed by atoms with Gasteiger partial charge in [-0.05, 0) is 82.9 Å². The lowest BCUT2D eigenvalue weighted by Crippen LogP contribution is -2.52. The Labute approximate surface area is 243 Å². The summed E-state index contributed by atoms with van der Waals surface area (Å²) in [6.07, 6.45) is 2.27. The molecule has 0 saturated carbocycles. The molecule has 0 unspecified atom stereocenters. The Kier molecular flexibility index (Phi) is 9.56. The summed E-state index contributed by atoms with van der Waals surface area (Å²) < 4.78 is 20.3. The fourth-order valence-corrected chi connectivity index (χ4v) is 5.16. The number of allylic oxidation sites excluding steroid dienone is 1. The molecule has 1 saturated heterocycles. The minimum atomic E-state index is -1.00. The number of rotatable bonds is 9. The average Bonchev–Trinajstić information content (AvgIpc) is 3.35. The van der Waals surface area contributed by atoms with Gasteiger partial charge in [0.05, 0.1) is 23.6 Å². The number of hydrogen-bond donors (Lipinski definition) is 3. The largest absolute Gasteiger partial charge is 0.448 e. The van der Waals surface area contributed by atoms with E-state index in [2.05, 4.69) is 11.4 Å². The number of primary amides is 1. The van der Waals surface area contributed by atoms with Gasteiger partial charge in [-0.25, -0.2) is 4.39 Å². The lowest BCUT2D eigenvalue weighted by Gasteiger charge is -2.38. The molecule has 0 radical (unpaired) electrons. The number of ether oxygens (including phenoxy) is 1. The van der Waals surface area contributed by atoms with Crippen molar-refractivity contribution in [3.05, 3.63) is 75.8 Å². The van der Waals surface area contributed by atoms with Crippen LogP contribution in [0.1, 0.15) is 68.1 Å². The van der Waals surface area contributed by atoms with E-state index in [0.29, 0.717) is 17.9 Å². The third-order valence-corrected chi connectivity index (χ3v) is 7.24. The van der Waals surface area contributed by atoms with E-state index in [9.17, 15) is 19.6 Å². The molecule has 0 aliphatic carbocycles. The summed E-state index contributed by atoms with van der Waals surface area (Å²) in [5.74, 6) is -3.74. The number of nitrogens with one attached hydrogen (secondary N) is 2. The van der Waals surface area contributed by atoms with Crippen molar-refractivity contribution in [3.63, 3.8) is 0 Å². The van der Waals surface area contributed by atoms with Crippen LogP contribution >= 0.6 is 11.6 Å². The summed E-state index contributed by atoms with van der Waals surface area (Å²) in [4.78, 5) is 40.3. The lowest BCUT2D eigenvalue weighted by molar-refractivity contribution is -0.137. The molecule has 4 N–H and O–H groups in total. The van der Waals surface area contributed by atoms with Crippen LogP contribution in [0, 0.1) is 34.9 Å². The van der Waals surface area contributed by atoms with Crippen LogP contribution in [-0.2, 0) is 9.59 Å². The van der Waals surface area contributed by atoms with Gasteiger partial charge in [-0.15, -0.1) is 0 Å². The van der Waals surface area contributed by atoms with E-state index in [0.717, 1.165) is 17.7 Å². The number of carbonyl (C=O) groups excluding carboxylic acids is 3. The second-order valence-electron chi connectivity index (χ2n) is 10.7. The van der Waals surface area contributed by atoms with Gasteiger partial charge < -0.3 is 26.1 Å². The highest BCUT2D eigenvalue weighted by molar-refractivity contribution is 6.30. The third kappa shape index (κ3) is 7.11. The second kappa shape index (κ2) is 12.5. The van der Waals surface area contributed by atoms with Crippen molar-refractivity contribution in [2.24, 2.45) is 11.1 Å². The SMILES string of the molecule is CC(=N)/C=C(/Oc1c(C)cc(C(=O)N[C@H](C)C(=O)N2[C@H](c3cccc(Cl)c3)CC[C@@H]2C(C)(C)C#N)cc1F)C(N)=O. The number of aryl methyl sites for hydroxylation is 1. The molecule has 2 aromatic carbocycles. The van der Waals surface area contributed by atoms with Gasteiger partial charge in [0.1, 0.15) is 6.04 Å². The number of likely N-dealkylation sites (tertiary alicyclic amines) is 1. The van der Waals surface area contributed by atoms with Gasteiger partial charge in [0, 0.05) is 22.4 Å². The number of amides is 3. The van der Waals surface area contributed by atoms with Crippen LogP contribution in [0.4, 0.5) is 4.39 Å². The first kappa shape index (κ1) is 31.3. The van der Waals surface area contributed by atoms with E-state index in [-0.39, 0.29) is 34.5 Å². The van der Waals surface area contributed by atoms with Crippen LogP contribution in [-0.4, -0.2) is 40.4 Å². The highest BCUT2D eigenvalue weighted by Gasteiger charge is 2.46. The summed E-state index contributed by atoms with van der Waals surface area (Å²) in [5, 5.41) is 20.5. The molecule has 3 amide bonds.